The van der Waals surface area contributed by atoms with Crippen LogP contribution in [0.3, 0.4) is 0 Å². The highest BCUT2D eigenvalue weighted by Gasteiger charge is 2.14. The smallest absolute Gasteiger partial charge is 0.152 e. The Labute approximate surface area is 102 Å². The standard InChI is InChI=1S/C14H19NO2/c1-17-13-7-6-12(11-16)14(10-13)15-8-4-2-3-5-9-15/h6-7,10-11H,2-5,8-9H2,1H3. The van der Waals surface area contributed by atoms with Crippen LogP contribution >= 0.6 is 0 Å². The van der Waals surface area contributed by atoms with Gasteiger partial charge in [-0.15, -0.1) is 0 Å². The van der Waals surface area contributed by atoms with Crippen molar-refractivity contribution in [2.45, 2.75) is 25.7 Å². The number of aldehydes is 1. The van der Waals surface area contributed by atoms with Crippen molar-refractivity contribution in [1.82, 2.24) is 0 Å². The van der Waals surface area contributed by atoms with Crippen molar-refractivity contribution in [3.05, 3.63) is 23.8 Å². The lowest BCUT2D eigenvalue weighted by atomic mass is 10.1. The molecule has 3 nitrogen and oxygen atoms in total. The summed E-state index contributed by atoms with van der Waals surface area (Å²) in [6, 6.07) is 5.65. The maximum Gasteiger partial charge on any atom is 0.152 e. The van der Waals surface area contributed by atoms with Crippen LogP contribution in [0, 0.1) is 0 Å². The molecule has 0 N–H and O–H groups in total. The summed E-state index contributed by atoms with van der Waals surface area (Å²) < 4.78 is 5.23. The third kappa shape index (κ3) is 2.78. The molecule has 0 unspecified atom stereocenters. The molecular formula is C14H19NO2. The second-order valence-corrected chi connectivity index (χ2v) is 4.44. The molecule has 1 fully saturated rings. The predicted octanol–water partition coefficient (Wildman–Crippen LogP) is 2.89. The first-order valence-electron chi connectivity index (χ1n) is 6.23. The van der Waals surface area contributed by atoms with Crippen LogP contribution in [0.4, 0.5) is 5.69 Å². The lowest BCUT2D eigenvalue weighted by molar-refractivity contribution is 0.112. The molecule has 0 atom stereocenters. The number of rotatable bonds is 3. The van der Waals surface area contributed by atoms with Gasteiger partial charge in [0.2, 0.25) is 0 Å². The van der Waals surface area contributed by atoms with Gasteiger partial charge < -0.3 is 9.64 Å². The van der Waals surface area contributed by atoms with Gasteiger partial charge >= 0.3 is 0 Å². The summed E-state index contributed by atoms with van der Waals surface area (Å²) in [6.45, 7) is 2.07. The summed E-state index contributed by atoms with van der Waals surface area (Å²) in [5, 5.41) is 0. The fourth-order valence-electron chi connectivity index (χ4n) is 2.34. The van der Waals surface area contributed by atoms with Gasteiger partial charge in [0.1, 0.15) is 5.75 Å². The first kappa shape index (κ1) is 12.0. The molecule has 1 saturated heterocycles. The van der Waals surface area contributed by atoms with Gasteiger partial charge in [0.05, 0.1) is 12.8 Å². The van der Waals surface area contributed by atoms with E-state index in [1.165, 1.54) is 25.7 Å². The molecule has 0 spiro atoms. The molecule has 3 heteroatoms. The Morgan fingerprint density at radius 1 is 1.18 bits per heavy atom. The zero-order valence-corrected chi connectivity index (χ0v) is 10.3. The van der Waals surface area contributed by atoms with E-state index in [9.17, 15) is 4.79 Å². The van der Waals surface area contributed by atoms with Crippen LogP contribution in [0.1, 0.15) is 36.0 Å². The number of hydrogen-bond donors (Lipinski definition) is 0. The lowest BCUT2D eigenvalue weighted by Gasteiger charge is -2.24. The number of hydrogen-bond acceptors (Lipinski definition) is 3. The van der Waals surface area contributed by atoms with Gasteiger partial charge in [0.15, 0.2) is 6.29 Å². The van der Waals surface area contributed by atoms with Gasteiger partial charge in [-0.1, -0.05) is 12.8 Å². The maximum absolute atomic E-state index is 11.1. The molecule has 0 bridgehead atoms. The Bertz CT molecular complexity index is 382. The molecule has 1 aliphatic heterocycles. The Morgan fingerprint density at radius 3 is 2.47 bits per heavy atom. The molecule has 0 amide bonds. The van der Waals surface area contributed by atoms with E-state index in [-0.39, 0.29) is 0 Å². The van der Waals surface area contributed by atoms with Gasteiger partial charge in [-0.25, -0.2) is 0 Å². The molecule has 17 heavy (non-hydrogen) atoms. The SMILES string of the molecule is COc1ccc(C=O)c(N2CCCCCC2)c1. The van der Waals surface area contributed by atoms with Crippen molar-refractivity contribution in [3.63, 3.8) is 0 Å². The van der Waals surface area contributed by atoms with Crippen LogP contribution in [0.2, 0.25) is 0 Å². The summed E-state index contributed by atoms with van der Waals surface area (Å²) >= 11 is 0. The minimum Gasteiger partial charge on any atom is -0.497 e. The topological polar surface area (TPSA) is 29.5 Å². The molecular weight excluding hydrogens is 214 g/mol. The van der Waals surface area contributed by atoms with Gasteiger partial charge in [-0.2, -0.15) is 0 Å². The zero-order chi connectivity index (χ0) is 12.1. The second kappa shape index (κ2) is 5.71. The monoisotopic (exact) mass is 233 g/mol. The molecule has 2 rings (SSSR count). The van der Waals surface area contributed by atoms with Crippen LogP contribution in [0.25, 0.3) is 0 Å². The Kier molecular flexibility index (Phi) is 4.02. The van der Waals surface area contributed by atoms with E-state index in [4.69, 9.17) is 4.74 Å². The lowest BCUT2D eigenvalue weighted by Crippen LogP contribution is -2.25. The number of carbonyl (C=O) groups excluding carboxylic acids is 1. The molecule has 92 valence electrons. The Balaban J connectivity index is 2.29. The van der Waals surface area contributed by atoms with Crippen molar-refractivity contribution in [2.75, 3.05) is 25.1 Å². The largest absolute Gasteiger partial charge is 0.497 e. The molecule has 0 aromatic heterocycles. The average molecular weight is 233 g/mol. The van der Waals surface area contributed by atoms with E-state index < -0.39 is 0 Å². The highest BCUT2D eigenvalue weighted by Crippen LogP contribution is 2.27. The van der Waals surface area contributed by atoms with Crippen LogP contribution in [-0.2, 0) is 0 Å². The first-order valence-corrected chi connectivity index (χ1v) is 6.23. The van der Waals surface area contributed by atoms with E-state index in [0.29, 0.717) is 0 Å². The van der Waals surface area contributed by atoms with E-state index in [0.717, 1.165) is 36.4 Å². The summed E-state index contributed by atoms with van der Waals surface area (Å²) in [5.74, 6) is 0.815. The molecule has 1 aromatic carbocycles. The van der Waals surface area contributed by atoms with Gasteiger partial charge in [-0.05, 0) is 25.0 Å². The number of methoxy groups -OCH3 is 1. The number of ether oxygens (including phenoxy) is 1. The summed E-state index contributed by atoms with van der Waals surface area (Å²) in [6.07, 6.45) is 5.92. The number of anilines is 1. The van der Waals surface area contributed by atoms with Crippen LogP contribution in [-0.4, -0.2) is 26.5 Å². The molecule has 0 aliphatic carbocycles. The summed E-state index contributed by atoms with van der Waals surface area (Å²) in [4.78, 5) is 13.4. The van der Waals surface area contributed by atoms with Crippen molar-refractivity contribution in [2.24, 2.45) is 0 Å². The maximum atomic E-state index is 11.1. The Morgan fingerprint density at radius 2 is 1.88 bits per heavy atom. The molecule has 1 heterocycles. The molecule has 1 aliphatic rings. The van der Waals surface area contributed by atoms with Crippen LogP contribution < -0.4 is 9.64 Å². The average Bonchev–Trinajstić information content (AvgIpc) is 2.66. The number of carbonyl (C=O) groups is 1. The van der Waals surface area contributed by atoms with Crippen molar-refractivity contribution >= 4 is 12.0 Å². The van der Waals surface area contributed by atoms with E-state index in [2.05, 4.69) is 4.90 Å². The highest BCUT2D eigenvalue weighted by molar-refractivity contribution is 5.85. The third-order valence-corrected chi connectivity index (χ3v) is 3.31. The fraction of sp³-hybridized carbons (Fsp3) is 0.500. The van der Waals surface area contributed by atoms with Crippen LogP contribution in [0.15, 0.2) is 18.2 Å². The van der Waals surface area contributed by atoms with Crippen molar-refractivity contribution in [1.29, 1.82) is 0 Å². The zero-order valence-electron chi connectivity index (χ0n) is 10.3. The molecule has 0 saturated carbocycles. The summed E-state index contributed by atoms with van der Waals surface area (Å²) in [7, 11) is 1.65. The molecule has 1 aromatic rings. The van der Waals surface area contributed by atoms with Crippen molar-refractivity contribution in [3.8, 4) is 5.75 Å². The van der Waals surface area contributed by atoms with Crippen molar-refractivity contribution < 1.29 is 9.53 Å². The highest BCUT2D eigenvalue weighted by atomic mass is 16.5. The quantitative estimate of drug-likeness (QED) is 0.752. The number of benzene rings is 1. The van der Waals surface area contributed by atoms with E-state index in [1.807, 2.05) is 18.2 Å². The van der Waals surface area contributed by atoms with E-state index in [1.54, 1.807) is 7.11 Å². The molecule has 0 radical (unpaired) electrons. The third-order valence-electron chi connectivity index (χ3n) is 3.31. The van der Waals surface area contributed by atoms with Gasteiger partial charge in [0, 0.05) is 24.7 Å². The second-order valence-electron chi connectivity index (χ2n) is 4.44. The van der Waals surface area contributed by atoms with Gasteiger partial charge in [-0.3, -0.25) is 4.79 Å². The number of nitrogens with zero attached hydrogens (tertiary/aromatic N) is 1. The minimum atomic E-state index is 0.757. The van der Waals surface area contributed by atoms with Crippen LogP contribution in [0.5, 0.6) is 5.75 Å². The predicted molar refractivity (Wildman–Crippen MR) is 69.1 cm³/mol. The van der Waals surface area contributed by atoms with E-state index >= 15 is 0 Å². The Hall–Kier alpha value is -1.51. The summed E-state index contributed by atoms with van der Waals surface area (Å²) in [5.41, 5.74) is 1.77. The van der Waals surface area contributed by atoms with Gasteiger partial charge in [0.25, 0.3) is 0 Å². The normalized spacial score (nSPS) is 16.4. The first-order chi connectivity index (χ1) is 8.35. The minimum absolute atomic E-state index is 0.757. The fourth-order valence-corrected chi connectivity index (χ4v) is 2.34.